The monoisotopic (exact) mass is 418 g/mol. The van der Waals surface area contributed by atoms with Crippen LogP contribution in [0.3, 0.4) is 0 Å². The molecule has 2 amide bonds. The Morgan fingerprint density at radius 1 is 0.741 bits per heavy atom. The number of ketones is 1. The molecule has 0 saturated heterocycles. The SMILES string of the molecule is CNC(=O)[C@H](CCCCCC(=O)CCCCCS)NC(=O)CCCCCS. The van der Waals surface area contributed by atoms with Crippen molar-refractivity contribution in [3.05, 3.63) is 0 Å². The minimum atomic E-state index is -0.482. The maximum atomic E-state index is 12.0. The summed E-state index contributed by atoms with van der Waals surface area (Å²) in [5.41, 5.74) is 0. The molecular weight excluding hydrogens is 380 g/mol. The van der Waals surface area contributed by atoms with Gasteiger partial charge < -0.3 is 10.6 Å². The quantitative estimate of drug-likeness (QED) is 0.202. The van der Waals surface area contributed by atoms with Crippen molar-refractivity contribution in [3.63, 3.8) is 0 Å². The molecule has 0 aromatic rings. The molecule has 0 heterocycles. The van der Waals surface area contributed by atoms with Gasteiger partial charge in [-0.25, -0.2) is 0 Å². The maximum absolute atomic E-state index is 12.0. The van der Waals surface area contributed by atoms with Gasteiger partial charge in [0.25, 0.3) is 0 Å². The number of unbranched alkanes of at least 4 members (excludes halogenated alkanes) is 6. The molecule has 0 bridgehead atoms. The van der Waals surface area contributed by atoms with E-state index in [0.29, 0.717) is 31.5 Å². The van der Waals surface area contributed by atoms with Crippen LogP contribution in [0.4, 0.5) is 0 Å². The van der Waals surface area contributed by atoms with E-state index in [2.05, 4.69) is 35.9 Å². The predicted molar refractivity (Wildman–Crippen MR) is 119 cm³/mol. The molecule has 5 nitrogen and oxygen atoms in total. The molecule has 0 rings (SSSR count). The molecule has 0 aromatic heterocycles. The van der Waals surface area contributed by atoms with Crippen LogP contribution in [0.2, 0.25) is 0 Å². The van der Waals surface area contributed by atoms with Gasteiger partial charge >= 0.3 is 0 Å². The average molecular weight is 419 g/mol. The van der Waals surface area contributed by atoms with Crippen LogP contribution in [0.5, 0.6) is 0 Å². The summed E-state index contributed by atoms with van der Waals surface area (Å²) < 4.78 is 0. The second-order valence-electron chi connectivity index (χ2n) is 6.94. The molecule has 0 unspecified atom stereocenters. The van der Waals surface area contributed by atoms with Gasteiger partial charge in [-0.2, -0.15) is 25.3 Å². The Balaban J connectivity index is 3.95. The van der Waals surface area contributed by atoms with E-state index < -0.39 is 6.04 Å². The highest BCUT2D eigenvalue weighted by Crippen LogP contribution is 2.10. The lowest BCUT2D eigenvalue weighted by Crippen LogP contribution is -2.45. The molecule has 0 spiro atoms. The van der Waals surface area contributed by atoms with Crippen LogP contribution in [0, 0.1) is 0 Å². The summed E-state index contributed by atoms with van der Waals surface area (Å²) in [6.45, 7) is 0. The molecule has 0 saturated carbocycles. The second-order valence-corrected chi connectivity index (χ2v) is 7.84. The molecule has 2 N–H and O–H groups in total. The summed E-state index contributed by atoms with van der Waals surface area (Å²) >= 11 is 8.32. The molecule has 1 atom stereocenters. The number of Topliss-reactive ketones (excluding diaryl/α,β-unsaturated/α-hetero) is 1. The standard InChI is InChI=1S/C20H38N2O3S2/c1-21-20(25)18(22-19(24)14-8-4-10-16-27)13-7-2-5-11-17(23)12-6-3-9-15-26/h18,26-27H,2-16H2,1H3,(H,21,25)(H,22,24)/t18-/m0/s1. The molecule has 0 aliphatic rings. The molecule has 0 radical (unpaired) electrons. The van der Waals surface area contributed by atoms with Crippen molar-refractivity contribution in [3.8, 4) is 0 Å². The number of hydrogen-bond acceptors (Lipinski definition) is 5. The van der Waals surface area contributed by atoms with E-state index in [1.54, 1.807) is 7.05 Å². The Morgan fingerprint density at radius 2 is 1.26 bits per heavy atom. The molecular formula is C20H38N2O3S2. The number of likely N-dealkylation sites (N-methyl/N-ethyl adjacent to an activating group) is 1. The number of amides is 2. The van der Waals surface area contributed by atoms with Gasteiger partial charge in [0.1, 0.15) is 11.8 Å². The first-order valence-electron chi connectivity index (χ1n) is 10.3. The smallest absolute Gasteiger partial charge is 0.242 e. The Kier molecular flexibility index (Phi) is 18.2. The third kappa shape index (κ3) is 16.0. The molecule has 0 aliphatic heterocycles. The van der Waals surface area contributed by atoms with Gasteiger partial charge in [-0.05, 0) is 50.0 Å². The lowest BCUT2D eigenvalue weighted by Gasteiger charge is -2.17. The molecule has 27 heavy (non-hydrogen) atoms. The highest BCUT2D eigenvalue weighted by molar-refractivity contribution is 7.80. The third-order valence-electron chi connectivity index (χ3n) is 4.52. The third-order valence-corrected chi connectivity index (χ3v) is 5.15. The zero-order valence-corrected chi connectivity index (χ0v) is 18.6. The number of hydrogen-bond donors (Lipinski definition) is 4. The van der Waals surface area contributed by atoms with Gasteiger partial charge in [-0.1, -0.05) is 25.7 Å². The van der Waals surface area contributed by atoms with E-state index in [-0.39, 0.29) is 11.8 Å². The molecule has 158 valence electrons. The zero-order valence-electron chi connectivity index (χ0n) is 16.8. The Morgan fingerprint density at radius 3 is 1.78 bits per heavy atom. The fourth-order valence-electron chi connectivity index (χ4n) is 2.87. The van der Waals surface area contributed by atoms with Crippen LogP contribution in [0.25, 0.3) is 0 Å². The fraction of sp³-hybridized carbons (Fsp3) is 0.850. The van der Waals surface area contributed by atoms with Crippen molar-refractivity contribution in [2.45, 2.75) is 89.5 Å². The number of carbonyl (C=O) groups excluding carboxylic acids is 3. The highest BCUT2D eigenvalue weighted by Gasteiger charge is 2.18. The number of carbonyl (C=O) groups is 3. The fourth-order valence-corrected chi connectivity index (χ4v) is 3.31. The molecule has 7 heteroatoms. The van der Waals surface area contributed by atoms with E-state index in [9.17, 15) is 14.4 Å². The highest BCUT2D eigenvalue weighted by atomic mass is 32.1. The van der Waals surface area contributed by atoms with E-state index in [1.165, 1.54) is 0 Å². The van der Waals surface area contributed by atoms with E-state index in [1.807, 2.05) is 0 Å². The van der Waals surface area contributed by atoms with Crippen molar-refractivity contribution in [1.29, 1.82) is 0 Å². The molecule has 0 fully saturated rings. The summed E-state index contributed by atoms with van der Waals surface area (Å²) in [5.74, 6) is 1.82. The van der Waals surface area contributed by atoms with E-state index in [4.69, 9.17) is 0 Å². The summed E-state index contributed by atoms with van der Waals surface area (Å²) in [7, 11) is 1.58. The van der Waals surface area contributed by atoms with E-state index in [0.717, 1.165) is 69.3 Å². The molecule has 0 aliphatic carbocycles. The lowest BCUT2D eigenvalue weighted by atomic mass is 10.0. The van der Waals surface area contributed by atoms with Crippen LogP contribution < -0.4 is 10.6 Å². The largest absolute Gasteiger partial charge is 0.357 e. The summed E-state index contributed by atoms with van der Waals surface area (Å²) in [6, 6.07) is -0.482. The Labute approximate surface area is 176 Å². The Bertz CT molecular complexity index is 420. The van der Waals surface area contributed by atoms with Crippen LogP contribution in [-0.2, 0) is 14.4 Å². The van der Waals surface area contributed by atoms with Crippen LogP contribution >= 0.6 is 25.3 Å². The first-order chi connectivity index (χ1) is 13.0. The topological polar surface area (TPSA) is 75.3 Å². The van der Waals surface area contributed by atoms with Crippen molar-refractivity contribution < 1.29 is 14.4 Å². The number of thiol groups is 2. The maximum Gasteiger partial charge on any atom is 0.242 e. The summed E-state index contributed by atoms with van der Waals surface area (Å²) in [5, 5.41) is 5.46. The van der Waals surface area contributed by atoms with Gasteiger partial charge in [0.05, 0.1) is 0 Å². The zero-order chi connectivity index (χ0) is 20.3. The van der Waals surface area contributed by atoms with Gasteiger partial charge in [0.2, 0.25) is 11.8 Å². The first kappa shape index (κ1) is 26.3. The number of rotatable bonds is 18. The second kappa shape index (κ2) is 18.7. The van der Waals surface area contributed by atoms with Crippen molar-refractivity contribution in [1.82, 2.24) is 10.6 Å². The van der Waals surface area contributed by atoms with Gasteiger partial charge in [0.15, 0.2) is 0 Å². The van der Waals surface area contributed by atoms with Gasteiger partial charge in [-0.15, -0.1) is 0 Å². The van der Waals surface area contributed by atoms with Crippen LogP contribution in [0.1, 0.15) is 83.5 Å². The van der Waals surface area contributed by atoms with E-state index >= 15 is 0 Å². The van der Waals surface area contributed by atoms with Gasteiger partial charge in [-0.3, -0.25) is 14.4 Å². The predicted octanol–water partition coefficient (Wildman–Crippen LogP) is 3.72. The minimum absolute atomic E-state index is 0.0702. The average Bonchev–Trinajstić information content (AvgIpc) is 2.66. The number of nitrogens with one attached hydrogen (secondary N) is 2. The summed E-state index contributed by atoms with van der Waals surface area (Å²) in [4.78, 5) is 35.8. The Hall–Kier alpha value is -0.690. The minimum Gasteiger partial charge on any atom is -0.357 e. The van der Waals surface area contributed by atoms with Crippen molar-refractivity contribution >= 4 is 42.9 Å². The van der Waals surface area contributed by atoms with Crippen molar-refractivity contribution in [2.75, 3.05) is 18.6 Å². The van der Waals surface area contributed by atoms with Gasteiger partial charge in [0, 0.05) is 26.3 Å². The van der Waals surface area contributed by atoms with Crippen molar-refractivity contribution in [2.24, 2.45) is 0 Å². The van der Waals surface area contributed by atoms with Crippen LogP contribution in [0.15, 0.2) is 0 Å². The lowest BCUT2D eigenvalue weighted by molar-refractivity contribution is -0.129. The first-order valence-corrected chi connectivity index (χ1v) is 11.6. The molecule has 0 aromatic carbocycles. The summed E-state index contributed by atoms with van der Waals surface area (Å²) in [6.07, 6.45) is 10.8. The normalized spacial score (nSPS) is 11.8. The van der Waals surface area contributed by atoms with Crippen LogP contribution in [-0.4, -0.2) is 42.2 Å².